The molecule has 0 atom stereocenters. The van der Waals surface area contributed by atoms with Gasteiger partial charge in [-0.05, 0) is 53.4 Å². The Kier molecular flexibility index (Phi) is 6.01. The molecule has 3 rings (SSSR count). The number of nitrogens with two attached hydrogens (primary N) is 1. The van der Waals surface area contributed by atoms with Crippen LogP contribution in [0, 0.1) is 5.92 Å². The lowest BCUT2D eigenvalue weighted by Crippen LogP contribution is -2.65. The van der Waals surface area contributed by atoms with Crippen LogP contribution < -0.4 is 16.1 Å². The van der Waals surface area contributed by atoms with E-state index >= 15 is 0 Å². The fraction of sp³-hybridized carbons (Fsp3) is 0.478. The molecule has 26 heavy (non-hydrogen) atoms. The van der Waals surface area contributed by atoms with Gasteiger partial charge < -0.3 is 10.5 Å². The maximum Gasteiger partial charge on any atom is 0.258 e. The fourth-order valence-electron chi connectivity index (χ4n) is 4.53. The lowest BCUT2D eigenvalue weighted by Gasteiger charge is -2.42. The third-order valence-electron chi connectivity index (χ3n) is 6.43. The van der Waals surface area contributed by atoms with Gasteiger partial charge in [-0.15, -0.1) is 0 Å². The van der Waals surface area contributed by atoms with Gasteiger partial charge in [0, 0.05) is 6.04 Å². The molecule has 2 aromatic rings. The average Bonchev–Trinajstić information content (AvgIpc) is 2.68. The van der Waals surface area contributed by atoms with Crippen LogP contribution in [0.2, 0.25) is 5.04 Å². The first-order valence-corrected chi connectivity index (χ1v) is 12.0. The molecule has 3 heteroatoms. The predicted molar refractivity (Wildman–Crippen MR) is 113 cm³/mol. The highest BCUT2D eigenvalue weighted by Crippen LogP contribution is 2.42. The summed E-state index contributed by atoms with van der Waals surface area (Å²) in [6.45, 7) is 4.54. The summed E-state index contributed by atoms with van der Waals surface area (Å²) in [7, 11) is -2.85. The molecule has 2 aromatic carbocycles. The summed E-state index contributed by atoms with van der Waals surface area (Å²) in [5.41, 5.74) is 6.07. The fourth-order valence-corrected chi connectivity index (χ4v) is 8.28. The minimum Gasteiger partial charge on any atom is -0.424 e. The van der Waals surface area contributed by atoms with Crippen molar-refractivity contribution in [2.24, 2.45) is 11.7 Å². The summed E-state index contributed by atoms with van der Waals surface area (Å²) in [6, 6.07) is 21.1. The molecular weight excluding hydrogens is 334 g/mol. The Labute approximate surface area is 159 Å². The average molecular weight is 368 g/mol. The molecule has 0 saturated heterocycles. The van der Waals surface area contributed by atoms with Crippen molar-refractivity contribution in [3.8, 4) is 0 Å². The molecule has 0 heterocycles. The molecule has 0 radical (unpaired) electrons. The van der Waals surface area contributed by atoms with E-state index in [1.807, 2.05) is 12.1 Å². The molecule has 0 aliphatic heterocycles. The van der Waals surface area contributed by atoms with Crippen LogP contribution in [0.4, 0.5) is 0 Å². The Balaban J connectivity index is 1.86. The highest BCUT2D eigenvalue weighted by molar-refractivity contribution is 6.98. The maximum absolute atomic E-state index is 12.2. The minimum absolute atomic E-state index is 0.130. The lowest BCUT2D eigenvalue weighted by molar-refractivity contribution is 0.291. The topological polar surface area (TPSA) is 46.2 Å². The Hall–Kier alpha value is -1.42. The van der Waals surface area contributed by atoms with Gasteiger partial charge >= 0.3 is 0 Å². The van der Waals surface area contributed by atoms with E-state index < -0.39 is 8.32 Å². The molecule has 1 aliphatic rings. The van der Waals surface area contributed by atoms with Gasteiger partial charge in [0.2, 0.25) is 0 Å². The van der Waals surface area contributed by atoms with Crippen molar-refractivity contribution in [1.82, 2.24) is 0 Å². The van der Waals surface area contributed by atoms with Gasteiger partial charge in [-0.3, -0.25) is 0 Å². The Morgan fingerprint density at radius 3 is 1.81 bits per heavy atom. The quantitative estimate of drug-likeness (QED) is 0.763. The van der Waals surface area contributed by atoms with Crippen molar-refractivity contribution < 1.29 is 4.80 Å². The molecule has 2 nitrogen and oxygen atoms in total. The van der Waals surface area contributed by atoms with Crippen molar-refractivity contribution in [3.63, 3.8) is 0 Å². The van der Waals surface area contributed by atoms with Crippen LogP contribution >= 0.6 is 0 Å². The van der Waals surface area contributed by atoms with Crippen LogP contribution in [-0.2, 0) is 0 Å². The molecule has 1 fully saturated rings. The van der Waals surface area contributed by atoms with Gasteiger partial charge in [0.05, 0.1) is 0 Å². The van der Waals surface area contributed by atoms with Gasteiger partial charge in [0.1, 0.15) is 0 Å². The van der Waals surface area contributed by atoms with E-state index in [9.17, 15) is 4.80 Å². The van der Waals surface area contributed by atoms with Crippen molar-refractivity contribution >= 4 is 18.7 Å². The summed E-state index contributed by atoms with van der Waals surface area (Å²) in [4.78, 5) is 12.2. The molecule has 0 unspecified atom stereocenters. The summed E-state index contributed by atoms with van der Waals surface area (Å²) in [5.74, 6) is 0.763. The van der Waals surface area contributed by atoms with E-state index in [1.54, 1.807) is 0 Å². The highest BCUT2D eigenvalue weighted by Gasteiger charge is 2.49. The van der Waals surface area contributed by atoms with Crippen LogP contribution in [0.3, 0.4) is 0 Å². The Bertz CT molecular complexity index is 638. The predicted octanol–water partition coefficient (Wildman–Crippen LogP) is 3.82. The van der Waals surface area contributed by atoms with Gasteiger partial charge in [-0.2, -0.15) is 0 Å². The minimum atomic E-state index is -2.85. The molecule has 140 valence electrons. The molecule has 0 aromatic heterocycles. The van der Waals surface area contributed by atoms with Gasteiger partial charge in [-0.25, -0.2) is 0 Å². The molecule has 1 saturated carbocycles. The van der Waals surface area contributed by atoms with E-state index in [2.05, 4.69) is 62.4 Å². The van der Waals surface area contributed by atoms with Gasteiger partial charge in [0.15, 0.2) is 0 Å². The van der Waals surface area contributed by atoms with Crippen LogP contribution in [0.1, 0.15) is 52.4 Å². The van der Waals surface area contributed by atoms with Gasteiger partial charge in [0.25, 0.3) is 8.32 Å². The SMILES string of the molecule is CC(C)(CCC1CCC(N)CC1)[Si](O)(c1ccccc1)c1ccccc1. The summed E-state index contributed by atoms with van der Waals surface area (Å²) in [6.07, 6.45) is 7.05. The number of benzene rings is 2. The molecule has 3 N–H and O–H groups in total. The number of hydrogen-bond donors (Lipinski definition) is 2. The number of hydrogen-bond acceptors (Lipinski definition) is 2. The molecule has 1 aliphatic carbocycles. The van der Waals surface area contributed by atoms with Crippen molar-refractivity contribution in [2.45, 2.75) is 63.5 Å². The summed E-state index contributed by atoms with van der Waals surface area (Å²) >= 11 is 0. The Morgan fingerprint density at radius 2 is 1.35 bits per heavy atom. The second-order valence-electron chi connectivity index (χ2n) is 8.65. The zero-order valence-electron chi connectivity index (χ0n) is 16.2. The smallest absolute Gasteiger partial charge is 0.258 e. The second-order valence-corrected chi connectivity index (χ2v) is 12.6. The molecule has 0 bridgehead atoms. The van der Waals surface area contributed by atoms with Crippen molar-refractivity contribution in [1.29, 1.82) is 0 Å². The summed E-state index contributed by atoms with van der Waals surface area (Å²) < 4.78 is 0. The van der Waals surface area contributed by atoms with E-state index in [-0.39, 0.29) is 5.04 Å². The van der Waals surface area contributed by atoms with Crippen LogP contribution in [0.25, 0.3) is 0 Å². The van der Waals surface area contributed by atoms with E-state index in [0.29, 0.717) is 6.04 Å². The third kappa shape index (κ3) is 3.95. The van der Waals surface area contributed by atoms with Crippen LogP contribution in [0.5, 0.6) is 0 Å². The first-order valence-electron chi connectivity index (χ1n) is 10.0. The van der Waals surface area contributed by atoms with E-state index in [0.717, 1.165) is 35.6 Å². The van der Waals surface area contributed by atoms with Crippen LogP contribution in [0.15, 0.2) is 60.7 Å². The molecule has 0 spiro atoms. The van der Waals surface area contributed by atoms with Crippen molar-refractivity contribution in [2.75, 3.05) is 0 Å². The Morgan fingerprint density at radius 1 is 0.885 bits per heavy atom. The standard InChI is InChI=1S/C23H33NOSi/c1-23(2,18-17-19-13-15-20(24)16-14-19)26(25,21-9-5-3-6-10-21)22-11-7-4-8-12-22/h3-12,19-20,25H,13-18,24H2,1-2H3. The first-order chi connectivity index (χ1) is 12.4. The monoisotopic (exact) mass is 367 g/mol. The molecule has 0 amide bonds. The normalized spacial score (nSPS) is 21.5. The lowest BCUT2D eigenvalue weighted by atomic mass is 9.82. The number of rotatable bonds is 6. The zero-order chi connectivity index (χ0) is 18.6. The molecular formula is C23H33NOSi. The van der Waals surface area contributed by atoms with Gasteiger partial charge in [-0.1, -0.05) is 80.9 Å². The zero-order valence-corrected chi connectivity index (χ0v) is 17.2. The van der Waals surface area contributed by atoms with Crippen LogP contribution in [-0.4, -0.2) is 19.2 Å². The largest absolute Gasteiger partial charge is 0.424 e. The first kappa shape index (κ1) is 19.3. The highest BCUT2D eigenvalue weighted by atomic mass is 28.4. The van der Waals surface area contributed by atoms with E-state index in [1.165, 1.54) is 19.3 Å². The summed E-state index contributed by atoms with van der Waals surface area (Å²) in [5, 5.41) is 2.10. The van der Waals surface area contributed by atoms with Crippen molar-refractivity contribution in [3.05, 3.63) is 60.7 Å². The second kappa shape index (κ2) is 8.08. The third-order valence-corrected chi connectivity index (χ3v) is 11.0. The maximum atomic E-state index is 12.2. The van der Waals surface area contributed by atoms with E-state index in [4.69, 9.17) is 5.73 Å².